The third kappa shape index (κ3) is 5.53. The molecular formula is C29H30BrFN4O7. The van der Waals surface area contributed by atoms with Crippen molar-refractivity contribution in [3.05, 3.63) is 52.8 Å². The summed E-state index contributed by atoms with van der Waals surface area (Å²) in [5.41, 5.74) is 1.05. The molecule has 222 valence electrons. The molecule has 3 saturated heterocycles. The summed E-state index contributed by atoms with van der Waals surface area (Å²) in [6, 6.07) is 9.34. The minimum absolute atomic E-state index is 0.112. The number of anilines is 1. The molecule has 5 heterocycles. The Morgan fingerprint density at radius 2 is 1.90 bits per heavy atom. The summed E-state index contributed by atoms with van der Waals surface area (Å²) < 4.78 is 40.0. The molecular weight excluding hydrogens is 615 g/mol. The molecule has 0 saturated carbocycles. The molecule has 6 atom stereocenters. The Morgan fingerprint density at radius 1 is 1.14 bits per heavy atom. The van der Waals surface area contributed by atoms with Gasteiger partial charge in [0.25, 0.3) is 0 Å². The number of methoxy groups -OCH3 is 1. The van der Waals surface area contributed by atoms with Gasteiger partial charge in [-0.1, -0.05) is 6.07 Å². The van der Waals surface area contributed by atoms with E-state index >= 15 is 0 Å². The van der Waals surface area contributed by atoms with Gasteiger partial charge in [0.2, 0.25) is 11.8 Å². The molecule has 2 amide bonds. The zero-order valence-electron chi connectivity index (χ0n) is 23.0. The van der Waals surface area contributed by atoms with Crippen molar-refractivity contribution in [2.24, 2.45) is 0 Å². The van der Waals surface area contributed by atoms with Crippen LogP contribution in [-0.2, 0) is 30.3 Å². The van der Waals surface area contributed by atoms with E-state index in [1.807, 2.05) is 0 Å². The highest BCUT2D eigenvalue weighted by Crippen LogP contribution is 2.33. The molecule has 3 aromatic rings. The number of hydrogen-bond acceptors (Lipinski definition) is 8. The van der Waals surface area contributed by atoms with Crippen LogP contribution in [0.15, 0.2) is 47.2 Å². The Bertz CT molecular complexity index is 1530. The molecule has 11 nitrogen and oxygen atoms in total. The molecule has 1 aromatic carbocycles. The minimum Gasteiger partial charge on any atom is -0.485 e. The third-order valence-corrected chi connectivity index (χ3v) is 8.37. The molecule has 0 unspecified atom stereocenters. The van der Waals surface area contributed by atoms with Crippen molar-refractivity contribution < 1.29 is 37.7 Å². The van der Waals surface area contributed by atoms with Gasteiger partial charge < -0.3 is 33.7 Å². The molecule has 13 heteroatoms. The van der Waals surface area contributed by atoms with E-state index in [-0.39, 0.29) is 49.7 Å². The zero-order chi connectivity index (χ0) is 29.5. The third-order valence-electron chi connectivity index (χ3n) is 7.93. The number of aromatic nitrogens is 2. The van der Waals surface area contributed by atoms with Crippen molar-refractivity contribution in [2.75, 3.05) is 32.2 Å². The fraction of sp³-hybridized carbons (Fsp3) is 0.448. The van der Waals surface area contributed by atoms with E-state index < -0.39 is 24.0 Å². The lowest BCUT2D eigenvalue weighted by molar-refractivity contribution is -0.137. The average molecular weight is 645 g/mol. The number of alkyl halides is 1. The van der Waals surface area contributed by atoms with Gasteiger partial charge in [-0.05, 0) is 53.2 Å². The largest absolute Gasteiger partial charge is 0.485 e. The number of fused-ring (bicyclic) bond motifs is 2. The van der Waals surface area contributed by atoms with Gasteiger partial charge >= 0.3 is 0 Å². The number of rotatable bonds is 8. The number of Topliss-reactive ketones (excluding diaryl/α,β-unsaturated/α-hetero) is 1. The molecule has 0 aliphatic carbocycles. The summed E-state index contributed by atoms with van der Waals surface area (Å²) in [7, 11) is 1.62. The second-order valence-electron chi connectivity index (χ2n) is 10.7. The molecule has 0 spiro atoms. The van der Waals surface area contributed by atoms with E-state index in [2.05, 4.69) is 26.2 Å². The van der Waals surface area contributed by atoms with Crippen molar-refractivity contribution in [3.63, 3.8) is 0 Å². The summed E-state index contributed by atoms with van der Waals surface area (Å²) in [6.07, 6.45) is -0.783. The number of likely N-dealkylation sites (tertiary alicyclic amines) is 1. The molecule has 42 heavy (non-hydrogen) atoms. The zero-order valence-corrected chi connectivity index (χ0v) is 24.6. The maximum Gasteiger partial charge on any atom is 0.248 e. The lowest BCUT2D eigenvalue weighted by Crippen LogP contribution is -2.44. The quantitative estimate of drug-likeness (QED) is 0.293. The first-order chi connectivity index (χ1) is 20.2. The van der Waals surface area contributed by atoms with Crippen LogP contribution in [0.5, 0.6) is 5.75 Å². The molecule has 0 radical (unpaired) electrons. The van der Waals surface area contributed by atoms with Crippen LogP contribution < -0.4 is 10.1 Å². The van der Waals surface area contributed by atoms with Crippen LogP contribution in [0.4, 0.5) is 10.2 Å². The van der Waals surface area contributed by atoms with Crippen molar-refractivity contribution in [1.82, 2.24) is 14.5 Å². The molecule has 3 aliphatic heterocycles. The number of pyridine rings is 1. The van der Waals surface area contributed by atoms with Crippen LogP contribution in [0, 0.1) is 0 Å². The van der Waals surface area contributed by atoms with Crippen LogP contribution in [0.1, 0.15) is 23.7 Å². The molecule has 0 bridgehead atoms. The summed E-state index contributed by atoms with van der Waals surface area (Å²) in [4.78, 5) is 44.4. The van der Waals surface area contributed by atoms with Crippen molar-refractivity contribution >= 4 is 50.2 Å². The number of amides is 2. The standard InChI is InChI=1S/C29H30BrFN4O7/c1-15(36)19-11-34(12-26(37)35-10-16(31)8-21(35)29(38)33-25-5-3-4-24(30)32-25)20-7-6-17(9-18(19)20)42-23-14-41-27-22(39-2)13-40-28(23)27/h3-7,9,11,16,21-23,27-28H,8,10,12-14H2,1-2H3,(H,32,33,38)/t16-,21+,22-,23-,27-,28-/m1/s1. The highest BCUT2D eigenvalue weighted by Gasteiger charge is 2.49. The first-order valence-corrected chi connectivity index (χ1v) is 14.4. The SMILES string of the molecule is CO[C@@H]1CO[C@H]2[C@@H]1OC[C@H]2Oc1ccc2c(c1)c(C(C)=O)cn2CC(=O)N1C[C@H](F)C[C@H]1C(=O)Nc1cccc(Br)n1. The van der Waals surface area contributed by atoms with Gasteiger partial charge in [0.1, 0.15) is 53.2 Å². The molecule has 3 aliphatic rings. The number of ether oxygens (including phenoxy) is 4. The molecule has 2 aromatic heterocycles. The van der Waals surface area contributed by atoms with Crippen LogP contribution in [0.3, 0.4) is 0 Å². The van der Waals surface area contributed by atoms with Gasteiger partial charge in [-0.2, -0.15) is 0 Å². The summed E-state index contributed by atoms with van der Waals surface area (Å²) in [6.45, 7) is 1.85. The van der Waals surface area contributed by atoms with Crippen molar-refractivity contribution in [1.29, 1.82) is 0 Å². The van der Waals surface area contributed by atoms with Crippen molar-refractivity contribution in [2.45, 2.75) is 56.5 Å². The van der Waals surface area contributed by atoms with E-state index in [0.717, 1.165) is 0 Å². The topological polar surface area (TPSA) is 121 Å². The van der Waals surface area contributed by atoms with Gasteiger partial charge in [-0.3, -0.25) is 14.4 Å². The minimum atomic E-state index is -1.34. The number of halogens is 2. The van der Waals surface area contributed by atoms with E-state index in [9.17, 15) is 18.8 Å². The maximum atomic E-state index is 14.5. The van der Waals surface area contributed by atoms with E-state index in [1.165, 1.54) is 11.8 Å². The lowest BCUT2D eigenvalue weighted by Gasteiger charge is -2.24. The van der Waals surface area contributed by atoms with Gasteiger partial charge in [-0.15, -0.1) is 0 Å². The second-order valence-corrected chi connectivity index (χ2v) is 11.5. The first-order valence-electron chi connectivity index (χ1n) is 13.6. The Balaban J connectivity index is 1.20. The van der Waals surface area contributed by atoms with E-state index in [1.54, 1.807) is 54.3 Å². The number of nitrogens with one attached hydrogen (secondary N) is 1. The van der Waals surface area contributed by atoms with Crippen LogP contribution in [-0.4, -0.2) is 95.5 Å². The van der Waals surface area contributed by atoms with Gasteiger partial charge in [0.15, 0.2) is 11.9 Å². The first kappa shape index (κ1) is 28.7. The number of hydrogen-bond donors (Lipinski definition) is 1. The summed E-state index contributed by atoms with van der Waals surface area (Å²) in [5.74, 6) is -0.310. The molecule has 1 N–H and O–H groups in total. The van der Waals surface area contributed by atoms with Crippen LogP contribution in [0.25, 0.3) is 10.9 Å². The summed E-state index contributed by atoms with van der Waals surface area (Å²) in [5, 5.41) is 3.28. The Kier molecular flexibility index (Phi) is 8.01. The number of carbonyl (C=O) groups is 3. The lowest BCUT2D eigenvalue weighted by atomic mass is 10.1. The highest BCUT2D eigenvalue weighted by molar-refractivity contribution is 9.10. The number of ketones is 1. The van der Waals surface area contributed by atoms with E-state index in [4.69, 9.17) is 18.9 Å². The maximum absolute atomic E-state index is 14.5. The fourth-order valence-corrected chi connectivity index (χ4v) is 6.24. The molecule has 3 fully saturated rings. The van der Waals surface area contributed by atoms with E-state index in [0.29, 0.717) is 45.9 Å². The number of carbonyl (C=O) groups excluding carboxylic acids is 3. The monoisotopic (exact) mass is 644 g/mol. The predicted octanol–water partition coefficient (Wildman–Crippen LogP) is 3.14. The van der Waals surface area contributed by atoms with Gasteiger partial charge in [0, 0.05) is 36.2 Å². The number of nitrogens with zero attached hydrogens (tertiary/aromatic N) is 3. The molecule has 6 rings (SSSR count). The van der Waals surface area contributed by atoms with Gasteiger partial charge in [-0.25, -0.2) is 9.37 Å². The highest BCUT2D eigenvalue weighted by atomic mass is 79.9. The Morgan fingerprint density at radius 3 is 2.64 bits per heavy atom. The number of benzene rings is 1. The van der Waals surface area contributed by atoms with Gasteiger partial charge in [0.05, 0.1) is 19.8 Å². The average Bonchev–Trinajstić information content (AvgIpc) is 3.72. The Labute approximate surface area is 249 Å². The predicted molar refractivity (Wildman–Crippen MR) is 152 cm³/mol. The second kappa shape index (κ2) is 11.7. The smallest absolute Gasteiger partial charge is 0.248 e. The van der Waals surface area contributed by atoms with Crippen LogP contribution >= 0.6 is 15.9 Å². The van der Waals surface area contributed by atoms with Crippen LogP contribution in [0.2, 0.25) is 0 Å². The Hall–Kier alpha value is -3.39. The summed E-state index contributed by atoms with van der Waals surface area (Å²) >= 11 is 3.25. The normalized spacial score (nSPS) is 26.9. The van der Waals surface area contributed by atoms with Crippen molar-refractivity contribution in [3.8, 4) is 5.75 Å². The fourth-order valence-electron chi connectivity index (χ4n) is 5.90.